The quantitative estimate of drug-likeness (QED) is 0.763. The summed E-state index contributed by atoms with van der Waals surface area (Å²) in [4.78, 5) is 0. The van der Waals surface area contributed by atoms with Gasteiger partial charge in [0.05, 0.1) is 17.1 Å². The van der Waals surface area contributed by atoms with Gasteiger partial charge in [-0.05, 0) is 19.9 Å². The summed E-state index contributed by atoms with van der Waals surface area (Å²) in [6.45, 7) is 4.47. The van der Waals surface area contributed by atoms with Crippen LogP contribution < -0.4 is 5.73 Å². The van der Waals surface area contributed by atoms with Crippen LogP contribution in [0.3, 0.4) is 0 Å². The largest absolute Gasteiger partial charge is 0.396 e. The molecule has 0 aromatic carbocycles. The zero-order valence-corrected chi connectivity index (χ0v) is 8.31. The highest BCUT2D eigenvalue weighted by atomic mass is 15.4. The van der Waals surface area contributed by atoms with E-state index >= 15 is 0 Å². The van der Waals surface area contributed by atoms with Crippen molar-refractivity contribution < 1.29 is 0 Å². The fourth-order valence-corrected chi connectivity index (χ4v) is 1.37. The number of nitrogens with two attached hydrogens (primary N) is 1. The Bertz CT molecular complexity index is 426. The van der Waals surface area contributed by atoms with Gasteiger partial charge in [-0.1, -0.05) is 0 Å². The van der Waals surface area contributed by atoms with E-state index in [1.165, 1.54) is 0 Å². The van der Waals surface area contributed by atoms with Crippen molar-refractivity contribution in [3.05, 3.63) is 29.8 Å². The van der Waals surface area contributed by atoms with Gasteiger partial charge in [0, 0.05) is 12.4 Å². The molecule has 14 heavy (non-hydrogen) atoms. The Morgan fingerprint density at radius 1 is 1.43 bits per heavy atom. The van der Waals surface area contributed by atoms with E-state index in [-0.39, 0.29) is 0 Å². The molecule has 5 nitrogen and oxygen atoms in total. The molecule has 2 aromatic heterocycles. The first-order valence-corrected chi connectivity index (χ1v) is 4.45. The van der Waals surface area contributed by atoms with Gasteiger partial charge in [-0.15, -0.1) is 0 Å². The molecule has 0 atom stereocenters. The lowest BCUT2D eigenvalue weighted by atomic mass is 10.3. The predicted octanol–water partition coefficient (Wildman–Crippen LogP) is 0.784. The van der Waals surface area contributed by atoms with Gasteiger partial charge in [0.2, 0.25) is 0 Å². The molecule has 0 aliphatic carbocycles. The average Bonchev–Trinajstić information content (AvgIpc) is 2.73. The molecule has 0 fully saturated rings. The van der Waals surface area contributed by atoms with Crippen molar-refractivity contribution in [2.75, 3.05) is 5.73 Å². The number of anilines is 1. The molecular formula is C9H13N5. The summed E-state index contributed by atoms with van der Waals surface area (Å²) in [5.41, 5.74) is 8.43. The molecule has 0 bridgehead atoms. The summed E-state index contributed by atoms with van der Waals surface area (Å²) in [6.07, 6.45) is 3.64. The van der Waals surface area contributed by atoms with Gasteiger partial charge in [0.15, 0.2) is 0 Å². The normalized spacial score (nSPS) is 10.7. The highest BCUT2D eigenvalue weighted by Crippen LogP contribution is 2.14. The highest BCUT2D eigenvalue weighted by molar-refractivity contribution is 5.46. The third kappa shape index (κ3) is 1.37. The monoisotopic (exact) mass is 191 g/mol. The van der Waals surface area contributed by atoms with Crippen LogP contribution in [-0.4, -0.2) is 19.6 Å². The molecule has 2 aromatic rings. The van der Waals surface area contributed by atoms with Crippen molar-refractivity contribution in [1.29, 1.82) is 0 Å². The first-order chi connectivity index (χ1) is 6.68. The van der Waals surface area contributed by atoms with E-state index in [1.54, 1.807) is 10.9 Å². The molecule has 2 rings (SSSR count). The van der Waals surface area contributed by atoms with Crippen LogP contribution in [0.2, 0.25) is 0 Å². The van der Waals surface area contributed by atoms with Crippen LogP contribution in [0.1, 0.15) is 11.4 Å². The topological polar surface area (TPSA) is 61.7 Å². The number of hydrogen-bond acceptors (Lipinski definition) is 3. The zero-order valence-electron chi connectivity index (χ0n) is 8.31. The lowest BCUT2D eigenvalue weighted by Gasteiger charge is -2.03. The molecule has 0 amide bonds. The van der Waals surface area contributed by atoms with E-state index in [0.29, 0.717) is 6.67 Å². The van der Waals surface area contributed by atoms with Crippen molar-refractivity contribution in [2.45, 2.75) is 20.5 Å². The maximum atomic E-state index is 5.82. The maximum absolute atomic E-state index is 5.82. The minimum atomic E-state index is 0.608. The van der Waals surface area contributed by atoms with Crippen molar-refractivity contribution in [3.63, 3.8) is 0 Å². The molecule has 0 spiro atoms. The van der Waals surface area contributed by atoms with Crippen LogP contribution in [0.25, 0.3) is 0 Å². The summed E-state index contributed by atoms with van der Waals surface area (Å²) in [6, 6.07) is 1.88. The van der Waals surface area contributed by atoms with Crippen LogP contribution in [0.4, 0.5) is 5.69 Å². The Labute approximate surface area is 82.1 Å². The van der Waals surface area contributed by atoms with E-state index in [1.807, 2.05) is 30.8 Å². The molecule has 0 saturated heterocycles. The molecule has 74 valence electrons. The highest BCUT2D eigenvalue weighted by Gasteiger charge is 2.07. The lowest BCUT2D eigenvalue weighted by Crippen LogP contribution is -2.11. The van der Waals surface area contributed by atoms with Crippen LogP contribution in [-0.2, 0) is 6.67 Å². The second kappa shape index (κ2) is 3.17. The lowest BCUT2D eigenvalue weighted by molar-refractivity contribution is 0.491. The molecule has 2 heterocycles. The van der Waals surface area contributed by atoms with Crippen molar-refractivity contribution in [1.82, 2.24) is 19.6 Å². The number of aryl methyl sites for hydroxylation is 1. The summed E-state index contributed by atoms with van der Waals surface area (Å²) < 4.78 is 3.65. The van der Waals surface area contributed by atoms with E-state index < -0.39 is 0 Å². The van der Waals surface area contributed by atoms with Gasteiger partial charge < -0.3 is 5.73 Å². The fourth-order valence-electron chi connectivity index (χ4n) is 1.37. The van der Waals surface area contributed by atoms with Crippen molar-refractivity contribution >= 4 is 5.69 Å². The fraction of sp³-hybridized carbons (Fsp3) is 0.333. The molecule has 0 aliphatic rings. The smallest absolute Gasteiger partial charge is 0.133 e. The molecule has 0 unspecified atom stereocenters. The van der Waals surface area contributed by atoms with Crippen LogP contribution in [0, 0.1) is 13.8 Å². The zero-order chi connectivity index (χ0) is 10.1. The summed E-state index contributed by atoms with van der Waals surface area (Å²) in [5, 5.41) is 8.42. The molecule has 5 heteroatoms. The van der Waals surface area contributed by atoms with Gasteiger partial charge in [-0.3, -0.25) is 4.68 Å². The Hall–Kier alpha value is -1.78. The van der Waals surface area contributed by atoms with Gasteiger partial charge >= 0.3 is 0 Å². The molecular weight excluding hydrogens is 178 g/mol. The number of nitrogens with zero attached hydrogens (tertiary/aromatic N) is 4. The minimum absolute atomic E-state index is 0.608. The predicted molar refractivity (Wildman–Crippen MR) is 53.7 cm³/mol. The number of nitrogen functional groups attached to an aromatic ring is 1. The third-order valence-electron chi connectivity index (χ3n) is 2.28. The second-order valence-electron chi connectivity index (χ2n) is 3.27. The van der Waals surface area contributed by atoms with Gasteiger partial charge in [-0.2, -0.15) is 10.2 Å². The number of rotatable bonds is 2. The maximum Gasteiger partial charge on any atom is 0.133 e. The van der Waals surface area contributed by atoms with Crippen LogP contribution in [0.15, 0.2) is 18.5 Å². The van der Waals surface area contributed by atoms with E-state index in [2.05, 4.69) is 10.2 Å². The number of hydrogen-bond donors (Lipinski definition) is 1. The Morgan fingerprint density at radius 3 is 2.71 bits per heavy atom. The Kier molecular flexibility index (Phi) is 1.99. The van der Waals surface area contributed by atoms with Crippen molar-refractivity contribution in [3.8, 4) is 0 Å². The minimum Gasteiger partial charge on any atom is -0.396 e. The van der Waals surface area contributed by atoms with E-state index in [0.717, 1.165) is 17.1 Å². The van der Waals surface area contributed by atoms with E-state index in [4.69, 9.17) is 5.73 Å². The first kappa shape index (κ1) is 8.80. The average molecular weight is 191 g/mol. The molecule has 0 aliphatic heterocycles. The first-order valence-electron chi connectivity index (χ1n) is 4.45. The summed E-state index contributed by atoms with van der Waals surface area (Å²) in [7, 11) is 0. The van der Waals surface area contributed by atoms with Gasteiger partial charge in [-0.25, -0.2) is 4.68 Å². The van der Waals surface area contributed by atoms with Gasteiger partial charge in [0.25, 0.3) is 0 Å². The van der Waals surface area contributed by atoms with Crippen molar-refractivity contribution in [2.24, 2.45) is 0 Å². The Balaban J connectivity index is 2.30. The summed E-state index contributed by atoms with van der Waals surface area (Å²) >= 11 is 0. The number of aromatic nitrogens is 4. The summed E-state index contributed by atoms with van der Waals surface area (Å²) in [5.74, 6) is 0. The third-order valence-corrected chi connectivity index (χ3v) is 2.28. The van der Waals surface area contributed by atoms with E-state index in [9.17, 15) is 0 Å². The molecule has 0 saturated carbocycles. The molecule has 2 N–H and O–H groups in total. The van der Waals surface area contributed by atoms with Gasteiger partial charge in [0.1, 0.15) is 6.67 Å². The SMILES string of the molecule is Cc1nn(Cn2cccn2)c(C)c1N. The van der Waals surface area contributed by atoms with Crippen LogP contribution in [0.5, 0.6) is 0 Å². The standard InChI is InChI=1S/C9H13N5/c1-7-9(10)8(2)14(12-7)6-13-5-3-4-11-13/h3-5H,6,10H2,1-2H3. The second-order valence-corrected chi connectivity index (χ2v) is 3.27. The van der Waals surface area contributed by atoms with Crippen LogP contribution >= 0.6 is 0 Å². The Morgan fingerprint density at radius 2 is 2.21 bits per heavy atom. The molecule has 0 radical (unpaired) electrons.